The number of hydrogen-bond acceptors (Lipinski definition) is 8. The number of carbonyl (C=O) groups excluding carboxylic acids is 2. The van der Waals surface area contributed by atoms with Crippen molar-refractivity contribution in [1.29, 1.82) is 0 Å². The van der Waals surface area contributed by atoms with Gasteiger partial charge < -0.3 is 19.1 Å². The number of hydrogen-bond donors (Lipinski definition) is 0. The second kappa shape index (κ2) is 18.0. The minimum absolute atomic E-state index is 0.171. The van der Waals surface area contributed by atoms with Gasteiger partial charge in [0.2, 0.25) is 0 Å². The molecule has 0 saturated carbocycles. The van der Waals surface area contributed by atoms with Crippen LogP contribution in [0.5, 0.6) is 5.75 Å². The van der Waals surface area contributed by atoms with E-state index in [0.717, 1.165) is 89.4 Å². The highest BCUT2D eigenvalue weighted by atomic mass is 16.5. The SMILES string of the molecule is COC(=O)CCCCN(CCc1ccccc1OCCCN1CCN(c2ccccc2)CC1)Cc1ccc(C(=O)OC)cc1. The summed E-state index contributed by atoms with van der Waals surface area (Å²) in [6.07, 6.45) is 3.96. The maximum Gasteiger partial charge on any atom is 0.337 e. The van der Waals surface area contributed by atoms with Crippen LogP contribution in [0, 0.1) is 0 Å². The summed E-state index contributed by atoms with van der Waals surface area (Å²) in [5.74, 6) is 0.448. The molecule has 0 N–H and O–H groups in total. The third-order valence-electron chi connectivity index (χ3n) is 8.15. The first kappa shape index (κ1) is 33.0. The van der Waals surface area contributed by atoms with E-state index in [4.69, 9.17) is 14.2 Å². The summed E-state index contributed by atoms with van der Waals surface area (Å²) in [5.41, 5.74) is 4.18. The summed E-state index contributed by atoms with van der Waals surface area (Å²) >= 11 is 0. The minimum Gasteiger partial charge on any atom is -0.493 e. The summed E-state index contributed by atoms with van der Waals surface area (Å²) in [6, 6.07) is 26.6. The normalized spacial score (nSPS) is 13.6. The van der Waals surface area contributed by atoms with Crippen molar-refractivity contribution in [2.24, 2.45) is 0 Å². The fraction of sp³-hybridized carbons (Fsp3) is 0.444. The van der Waals surface area contributed by atoms with E-state index < -0.39 is 0 Å². The molecule has 236 valence electrons. The number of benzene rings is 3. The fourth-order valence-corrected chi connectivity index (χ4v) is 5.57. The summed E-state index contributed by atoms with van der Waals surface area (Å²) in [7, 11) is 2.82. The predicted molar refractivity (Wildman–Crippen MR) is 174 cm³/mol. The molecule has 1 fully saturated rings. The van der Waals surface area contributed by atoms with Crippen LogP contribution < -0.4 is 9.64 Å². The van der Waals surface area contributed by atoms with Crippen LogP contribution in [0.4, 0.5) is 5.69 Å². The van der Waals surface area contributed by atoms with Gasteiger partial charge in [0.1, 0.15) is 5.75 Å². The Morgan fingerprint density at radius 2 is 1.50 bits per heavy atom. The molecular formula is C36H47N3O5. The molecule has 0 amide bonds. The van der Waals surface area contributed by atoms with E-state index in [2.05, 4.69) is 63.2 Å². The van der Waals surface area contributed by atoms with Gasteiger partial charge in [0.05, 0.1) is 26.4 Å². The van der Waals surface area contributed by atoms with Crippen LogP contribution in [-0.2, 0) is 27.2 Å². The fourth-order valence-electron chi connectivity index (χ4n) is 5.57. The number of rotatable bonds is 17. The molecule has 0 atom stereocenters. The predicted octanol–water partition coefficient (Wildman–Crippen LogP) is 5.45. The first-order valence-corrected chi connectivity index (χ1v) is 15.7. The third kappa shape index (κ3) is 10.7. The molecule has 0 spiro atoms. The van der Waals surface area contributed by atoms with Gasteiger partial charge in [-0.1, -0.05) is 48.5 Å². The maximum absolute atomic E-state index is 11.8. The average molecular weight is 602 g/mol. The molecule has 44 heavy (non-hydrogen) atoms. The monoisotopic (exact) mass is 601 g/mol. The first-order chi connectivity index (χ1) is 21.6. The molecule has 0 aromatic heterocycles. The van der Waals surface area contributed by atoms with E-state index >= 15 is 0 Å². The van der Waals surface area contributed by atoms with Gasteiger partial charge >= 0.3 is 11.9 Å². The molecule has 1 saturated heterocycles. The number of nitrogens with zero attached hydrogens (tertiary/aromatic N) is 3. The molecule has 4 rings (SSSR count). The molecule has 1 heterocycles. The second-order valence-electron chi connectivity index (χ2n) is 11.2. The van der Waals surface area contributed by atoms with Crippen LogP contribution in [0.25, 0.3) is 0 Å². The highest BCUT2D eigenvalue weighted by Crippen LogP contribution is 2.21. The van der Waals surface area contributed by atoms with Gasteiger partial charge in [0.15, 0.2) is 0 Å². The molecule has 0 unspecified atom stereocenters. The van der Waals surface area contributed by atoms with Crippen LogP contribution in [0.1, 0.15) is 47.2 Å². The highest BCUT2D eigenvalue weighted by Gasteiger charge is 2.17. The van der Waals surface area contributed by atoms with Crippen LogP contribution in [0.15, 0.2) is 78.9 Å². The van der Waals surface area contributed by atoms with Crippen molar-refractivity contribution in [3.63, 3.8) is 0 Å². The van der Waals surface area contributed by atoms with Gasteiger partial charge in [0, 0.05) is 57.9 Å². The van der Waals surface area contributed by atoms with Crippen LogP contribution in [0.3, 0.4) is 0 Å². The molecular weight excluding hydrogens is 554 g/mol. The number of esters is 2. The summed E-state index contributed by atoms with van der Waals surface area (Å²) in [4.78, 5) is 30.8. The van der Waals surface area contributed by atoms with Crippen molar-refractivity contribution >= 4 is 17.6 Å². The van der Waals surface area contributed by atoms with Gasteiger partial charge in [-0.2, -0.15) is 0 Å². The number of anilines is 1. The van der Waals surface area contributed by atoms with Crippen molar-refractivity contribution < 1.29 is 23.8 Å². The van der Waals surface area contributed by atoms with Crippen molar-refractivity contribution in [2.45, 2.75) is 38.6 Å². The van der Waals surface area contributed by atoms with Crippen LogP contribution >= 0.6 is 0 Å². The Bertz CT molecular complexity index is 1280. The molecule has 1 aliphatic heterocycles. The number of para-hydroxylation sites is 2. The Morgan fingerprint density at radius 1 is 0.773 bits per heavy atom. The minimum atomic E-state index is -0.335. The smallest absolute Gasteiger partial charge is 0.337 e. The Balaban J connectivity index is 1.25. The van der Waals surface area contributed by atoms with Gasteiger partial charge in [-0.05, 0) is 73.7 Å². The summed E-state index contributed by atoms with van der Waals surface area (Å²) in [5, 5.41) is 0. The van der Waals surface area contributed by atoms with E-state index in [1.807, 2.05) is 30.3 Å². The van der Waals surface area contributed by atoms with E-state index in [9.17, 15) is 9.59 Å². The standard InChI is InChI=1S/C36H47N3O5/c1-42-35(40)15-8-9-21-38(29-30-16-18-32(19-17-30)36(41)43-2)23-20-31-11-6-7-14-34(31)44-28-10-22-37-24-26-39(27-25-37)33-12-4-3-5-13-33/h3-7,11-14,16-19H,8-10,15,20-29H2,1-2H3. The molecule has 1 aliphatic rings. The Morgan fingerprint density at radius 3 is 2.23 bits per heavy atom. The second-order valence-corrected chi connectivity index (χ2v) is 11.2. The average Bonchev–Trinajstić information content (AvgIpc) is 3.08. The van der Waals surface area contributed by atoms with E-state index in [-0.39, 0.29) is 11.9 Å². The van der Waals surface area contributed by atoms with Crippen molar-refractivity contribution in [3.8, 4) is 5.75 Å². The van der Waals surface area contributed by atoms with Crippen LogP contribution in [0.2, 0.25) is 0 Å². The zero-order chi connectivity index (χ0) is 31.0. The molecule has 3 aromatic rings. The van der Waals surface area contributed by atoms with Crippen molar-refractivity contribution in [2.75, 3.05) is 71.5 Å². The van der Waals surface area contributed by atoms with Gasteiger partial charge in [-0.15, -0.1) is 0 Å². The largest absolute Gasteiger partial charge is 0.493 e. The number of ether oxygens (including phenoxy) is 3. The summed E-state index contributed by atoms with van der Waals surface area (Å²) < 4.78 is 15.9. The number of methoxy groups -OCH3 is 2. The number of unbranched alkanes of at least 4 members (excludes halogenated alkanes) is 1. The van der Waals surface area contributed by atoms with E-state index in [1.165, 1.54) is 25.5 Å². The lowest BCUT2D eigenvalue weighted by Gasteiger charge is -2.36. The molecule has 0 aliphatic carbocycles. The lowest BCUT2D eigenvalue weighted by Crippen LogP contribution is -2.46. The van der Waals surface area contributed by atoms with Gasteiger partial charge in [-0.3, -0.25) is 14.6 Å². The molecule has 3 aromatic carbocycles. The molecule has 8 nitrogen and oxygen atoms in total. The van der Waals surface area contributed by atoms with Crippen molar-refractivity contribution in [1.82, 2.24) is 9.80 Å². The summed E-state index contributed by atoms with van der Waals surface area (Å²) in [6.45, 7) is 8.46. The van der Waals surface area contributed by atoms with Gasteiger partial charge in [-0.25, -0.2) is 4.79 Å². The van der Waals surface area contributed by atoms with E-state index in [1.54, 1.807) is 0 Å². The van der Waals surface area contributed by atoms with Crippen molar-refractivity contribution in [3.05, 3.63) is 95.6 Å². The Hall–Kier alpha value is -3.88. The zero-order valence-electron chi connectivity index (χ0n) is 26.3. The molecule has 0 bridgehead atoms. The van der Waals surface area contributed by atoms with E-state index in [0.29, 0.717) is 18.6 Å². The van der Waals surface area contributed by atoms with Gasteiger partial charge in [0.25, 0.3) is 0 Å². The van der Waals surface area contributed by atoms with Crippen LogP contribution in [-0.4, -0.2) is 88.4 Å². The quantitative estimate of drug-likeness (QED) is 0.149. The zero-order valence-corrected chi connectivity index (χ0v) is 26.3. The first-order valence-electron chi connectivity index (χ1n) is 15.7. The number of piperazine rings is 1. The third-order valence-corrected chi connectivity index (χ3v) is 8.15. The number of carbonyl (C=O) groups is 2. The molecule has 8 heteroatoms. The Labute approximate surface area is 262 Å². The lowest BCUT2D eigenvalue weighted by molar-refractivity contribution is -0.140. The molecule has 0 radical (unpaired) electrons. The Kier molecular flexibility index (Phi) is 13.5. The maximum atomic E-state index is 11.8. The lowest BCUT2D eigenvalue weighted by atomic mass is 10.1. The highest BCUT2D eigenvalue weighted by molar-refractivity contribution is 5.89. The topological polar surface area (TPSA) is 71.5 Å².